The Kier molecular flexibility index (Phi) is 7.51. The lowest BCUT2D eigenvalue weighted by molar-refractivity contribution is 0.0827. The predicted molar refractivity (Wildman–Crippen MR) is 53.5 cm³/mol. The average Bonchev–Trinajstić information content (AvgIpc) is 2.60. The molecule has 0 saturated carbocycles. The highest BCUT2D eigenvalue weighted by molar-refractivity contribution is 4.67. The van der Waals surface area contributed by atoms with Crippen LogP contribution in [0, 0.1) is 0 Å². The van der Waals surface area contributed by atoms with Gasteiger partial charge in [0.05, 0.1) is 6.10 Å². The Hall–Kier alpha value is -0.0800. The minimum absolute atomic E-state index is 0.518. The largest absolute Gasteiger partial charge is 0.377 e. The van der Waals surface area contributed by atoms with Gasteiger partial charge in [-0.1, -0.05) is 20.8 Å². The zero-order valence-electron chi connectivity index (χ0n) is 8.97. The number of ether oxygens (including phenoxy) is 1. The van der Waals surface area contributed by atoms with Crippen molar-refractivity contribution in [1.29, 1.82) is 0 Å². The summed E-state index contributed by atoms with van der Waals surface area (Å²) in [7, 11) is 2.14. The van der Waals surface area contributed by atoms with Crippen molar-refractivity contribution in [3.8, 4) is 0 Å². The molecule has 12 heavy (non-hydrogen) atoms. The number of hydrogen-bond acceptors (Lipinski definition) is 2. The van der Waals surface area contributed by atoms with Crippen LogP contribution in [0.4, 0.5) is 0 Å². The second-order valence-electron chi connectivity index (χ2n) is 2.99. The molecule has 0 N–H and O–H groups in total. The molecule has 0 bridgehead atoms. The summed E-state index contributed by atoms with van der Waals surface area (Å²) in [6.45, 7) is 9.38. The standard InChI is InChI=1S/C8H17NO.C2H6/c1-3-9(2)7-8-5-4-6-10-8;1-2/h8H,3-7H2,1-2H3;1-2H3. The van der Waals surface area contributed by atoms with Gasteiger partial charge in [-0.25, -0.2) is 0 Å². The Balaban J connectivity index is 0.000000561. The van der Waals surface area contributed by atoms with E-state index in [1.165, 1.54) is 12.8 Å². The van der Waals surface area contributed by atoms with Crippen LogP contribution in [0.1, 0.15) is 33.6 Å². The van der Waals surface area contributed by atoms with Crippen LogP contribution in [0.2, 0.25) is 0 Å². The molecule has 1 fully saturated rings. The van der Waals surface area contributed by atoms with Crippen LogP contribution in [0.25, 0.3) is 0 Å². The topological polar surface area (TPSA) is 12.5 Å². The lowest BCUT2D eigenvalue weighted by Gasteiger charge is -2.17. The van der Waals surface area contributed by atoms with E-state index in [-0.39, 0.29) is 0 Å². The quantitative estimate of drug-likeness (QED) is 0.648. The SMILES string of the molecule is CC.CCN(C)CC1CCCO1. The van der Waals surface area contributed by atoms with Crippen molar-refractivity contribution in [1.82, 2.24) is 4.90 Å². The van der Waals surface area contributed by atoms with Gasteiger partial charge in [-0.05, 0) is 26.4 Å². The maximum atomic E-state index is 5.48. The zero-order valence-corrected chi connectivity index (χ0v) is 8.97. The van der Waals surface area contributed by atoms with E-state index in [0.717, 1.165) is 19.7 Å². The zero-order chi connectivity index (χ0) is 9.40. The summed E-state index contributed by atoms with van der Waals surface area (Å²) in [6, 6.07) is 0. The van der Waals surface area contributed by atoms with E-state index in [9.17, 15) is 0 Å². The molecule has 1 atom stereocenters. The first-order valence-corrected chi connectivity index (χ1v) is 5.13. The van der Waals surface area contributed by atoms with Crippen molar-refractivity contribution in [3.63, 3.8) is 0 Å². The molecule has 1 aliphatic heterocycles. The highest BCUT2D eigenvalue weighted by Crippen LogP contribution is 2.12. The first kappa shape index (κ1) is 11.9. The van der Waals surface area contributed by atoms with Gasteiger partial charge in [-0.15, -0.1) is 0 Å². The fourth-order valence-electron chi connectivity index (χ4n) is 1.27. The van der Waals surface area contributed by atoms with Crippen LogP contribution in [-0.2, 0) is 4.74 Å². The molecule has 1 unspecified atom stereocenters. The average molecular weight is 173 g/mol. The molecule has 0 amide bonds. The summed E-state index contributed by atoms with van der Waals surface area (Å²) in [6.07, 6.45) is 3.02. The van der Waals surface area contributed by atoms with Crippen molar-refractivity contribution >= 4 is 0 Å². The smallest absolute Gasteiger partial charge is 0.0702 e. The van der Waals surface area contributed by atoms with Crippen LogP contribution in [-0.4, -0.2) is 37.7 Å². The summed E-state index contributed by atoms with van der Waals surface area (Å²) < 4.78 is 5.48. The lowest BCUT2D eigenvalue weighted by atomic mass is 10.2. The number of likely N-dealkylation sites (N-methyl/N-ethyl adjacent to an activating group) is 1. The van der Waals surface area contributed by atoms with Crippen molar-refractivity contribution in [2.24, 2.45) is 0 Å². The summed E-state index contributed by atoms with van der Waals surface area (Å²) in [5, 5.41) is 0. The Morgan fingerprint density at radius 2 is 2.08 bits per heavy atom. The van der Waals surface area contributed by atoms with Crippen LogP contribution in [0.3, 0.4) is 0 Å². The molecule has 0 aromatic carbocycles. The van der Waals surface area contributed by atoms with Gasteiger partial charge in [0.25, 0.3) is 0 Å². The van der Waals surface area contributed by atoms with E-state index in [4.69, 9.17) is 4.74 Å². The molecule has 1 heterocycles. The molecule has 0 aliphatic carbocycles. The van der Waals surface area contributed by atoms with Crippen molar-refractivity contribution in [2.45, 2.75) is 39.7 Å². The Morgan fingerprint density at radius 3 is 2.50 bits per heavy atom. The van der Waals surface area contributed by atoms with E-state index >= 15 is 0 Å². The molecular weight excluding hydrogens is 150 g/mol. The third kappa shape index (κ3) is 4.73. The van der Waals surface area contributed by atoms with Crippen molar-refractivity contribution in [3.05, 3.63) is 0 Å². The van der Waals surface area contributed by atoms with Crippen molar-refractivity contribution in [2.75, 3.05) is 26.7 Å². The molecule has 0 aromatic heterocycles. The summed E-state index contributed by atoms with van der Waals surface area (Å²) in [5.41, 5.74) is 0. The minimum atomic E-state index is 0.518. The fourth-order valence-corrected chi connectivity index (χ4v) is 1.27. The second-order valence-corrected chi connectivity index (χ2v) is 2.99. The van der Waals surface area contributed by atoms with Gasteiger partial charge in [-0.2, -0.15) is 0 Å². The van der Waals surface area contributed by atoms with E-state index < -0.39 is 0 Å². The molecule has 2 nitrogen and oxygen atoms in total. The molecule has 74 valence electrons. The van der Waals surface area contributed by atoms with Gasteiger partial charge in [0, 0.05) is 13.2 Å². The van der Waals surface area contributed by atoms with Crippen LogP contribution < -0.4 is 0 Å². The van der Waals surface area contributed by atoms with Crippen molar-refractivity contribution < 1.29 is 4.74 Å². The van der Waals surface area contributed by atoms with Gasteiger partial charge in [0.1, 0.15) is 0 Å². The highest BCUT2D eigenvalue weighted by Gasteiger charge is 2.15. The second kappa shape index (κ2) is 7.56. The van der Waals surface area contributed by atoms with Crippen LogP contribution >= 0.6 is 0 Å². The molecule has 0 spiro atoms. The predicted octanol–water partition coefficient (Wildman–Crippen LogP) is 2.14. The fraction of sp³-hybridized carbons (Fsp3) is 1.00. The monoisotopic (exact) mass is 173 g/mol. The summed E-state index contributed by atoms with van der Waals surface area (Å²) >= 11 is 0. The first-order valence-electron chi connectivity index (χ1n) is 5.13. The van der Waals surface area contributed by atoms with E-state index in [2.05, 4.69) is 18.9 Å². The maximum absolute atomic E-state index is 5.48. The van der Waals surface area contributed by atoms with Gasteiger partial charge in [0.2, 0.25) is 0 Å². The Bertz CT molecular complexity index is 89.8. The third-order valence-corrected chi connectivity index (χ3v) is 2.08. The summed E-state index contributed by atoms with van der Waals surface area (Å²) in [5.74, 6) is 0. The van der Waals surface area contributed by atoms with Gasteiger partial charge < -0.3 is 9.64 Å². The Labute approximate surface area is 76.9 Å². The van der Waals surface area contributed by atoms with Crippen LogP contribution in [0.5, 0.6) is 0 Å². The van der Waals surface area contributed by atoms with E-state index in [0.29, 0.717) is 6.10 Å². The van der Waals surface area contributed by atoms with Crippen LogP contribution in [0.15, 0.2) is 0 Å². The van der Waals surface area contributed by atoms with E-state index in [1.807, 2.05) is 13.8 Å². The van der Waals surface area contributed by atoms with Gasteiger partial charge in [0.15, 0.2) is 0 Å². The highest BCUT2D eigenvalue weighted by atomic mass is 16.5. The van der Waals surface area contributed by atoms with E-state index in [1.54, 1.807) is 0 Å². The third-order valence-electron chi connectivity index (χ3n) is 2.08. The minimum Gasteiger partial charge on any atom is -0.377 e. The summed E-state index contributed by atoms with van der Waals surface area (Å²) in [4.78, 5) is 2.30. The number of rotatable bonds is 3. The molecule has 0 radical (unpaired) electrons. The molecule has 1 aliphatic rings. The lowest BCUT2D eigenvalue weighted by Crippen LogP contribution is -2.28. The molecule has 0 aromatic rings. The molecule has 1 rings (SSSR count). The number of nitrogens with zero attached hydrogens (tertiary/aromatic N) is 1. The maximum Gasteiger partial charge on any atom is 0.0702 e. The Morgan fingerprint density at radius 1 is 1.42 bits per heavy atom. The first-order chi connectivity index (χ1) is 5.83. The van der Waals surface area contributed by atoms with Gasteiger partial charge >= 0.3 is 0 Å². The molecule has 1 saturated heterocycles. The molecular formula is C10H23NO. The number of hydrogen-bond donors (Lipinski definition) is 0. The molecule has 2 heteroatoms. The normalized spacial score (nSPS) is 22.2. The van der Waals surface area contributed by atoms with Gasteiger partial charge in [-0.3, -0.25) is 0 Å².